The first-order valence-corrected chi connectivity index (χ1v) is 7.05. The SMILES string of the molecule is CCOC(=O)Nc1nc2n(n1)C(c1cnn(C)c1)CCC2. The first kappa shape index (κ1) is 13.6. The first-order valence-electron chi connectivity index (χ1n) is 7.05. The van der Waals surface area contributed by atoms with E-state index in [1.165, 1.54) is 0 Å². The van der Waals surface area contributed by atoms with Crippen molar-refractivity contribution in [1.29, 1.82) is 0 Å². The largest absolute Gasteiger partial charge is 0.450 e. The number of amides is 1. The number of hydrogen-bond donors (Lipinski definition) is 1. The van der Waals surface area contributed by atoms with E-state index in [4.69, 9.17) is 4.74 Å². The van der Waals surface area contributed by atoms with Crippen LogP contribution in [0.4, 0.5) is 10.7 Å². The fraction of sp³-hybridized carbons (Fsp3) is 0.538. The summed E-state index contributed by atoms with van der Waals surface area (Å²) in [5, 5.41) is 11.2. The maximum Gasteiger partial charge on any atom is 0.414 e. The molecule has 0 aliphatic carbocycles. The number of rotatable bonds is 3. The summed E-state index contributed by atoms with van der Waals surface area (Å²) in [6, 6.07) is 0.118. The molecule has 0 saturated carbocycles. The van der Waals surface area contributed by atoms with Gasteiger partial charge in [-0.15, -0.1) is 5.10 Å². The van der Waals surface area contributed by atoms with E-state index in [1.807, 2.05) is 24.1 Å². The van der Waals surface area contributed by atoms with E-state index in [-0.39, 0.29) is 6.04 Å². The van der Waals surface area contributed by atoms with Crippen molar-refractivity contribution in [2.45, 2.75) is 32.2 Å². The highest BCUT2D eigenvalue weighted by atomic mass is 16.5. The van der Waals surface area contributed by atoms with E-state index in [0.717, 1.165) is 30.7 Å². The summed E-state index contributed by atoms with van der Waals surface area (Å²) in [4.78, 5) is 15.8. The summed E-state index contributed by atoms with van der Waals surface area (Å²) >= 11 is 0. The lowest BCUT2D eigenvalue weighted by molar-refractivity contribution is 0.167. The van der Waals surface area contributed by atoms with E-state index in [0.29, 0.717) is 12.6 Å². The van der Waals surface area contributed by atoms with Crippen molar-refractivity contribution in [3.63, 3.8) is 0 Å². The van der Waals surface area contributed by atoms with E-state index in [9.17, 15) is 4.79 Å². The molecule has 0 fully saturated rings. The second kappa shape index (κ2) is 5.55. The van der Waals surface area contributed by atoms with Crippen molar-refractivity contribution in [2.24, 2.45) is 7.05 Å². The van der Waals surface area contributed by atoms with Crippen LogP contribution < -0.4 is 5.32 Å². The second-order valence-electron chi connectivity index (χ2n) is 5.00. The van der Waals surface area contributed by atoms with Gasteiger partial charge in [-0.25, -0.2) is 9.48 Å². The van der Waals surface area contributed by atoms with Crippen LogP contribution in [0.1, 0.15) is 37.2 Å². The average molecular weight is 290 g/mol. The standard InChI is InChI=1S/C13H18N6O2/c1-3-21-13(20)16-12-15-11-6-4-5-10(19(11)17-12)9-7-14-18(2)8-9/h7-8,10H,3-6H2,1-2H3,(H,16,17,20). The van der Waals surface area contributed by atoms with Gasteiger partial charge >= 0.3 is 6.09 Å². The number of aromatic nitrogens is 5. The Hall–Kier alpha value is -2.38. The zero-order valence-electron chi connectivity index (χ0n) is 12.1. The number of anilines is 1. The molecule has 1 amide bonds. The van der Waals surface area contributed by atoms with Gasteiger partial charge in [0.05, 0.1) is 18.8 Å². The summed E-state index contributed by atoms with van der Waals surface area (Å²) in [5.74, 6) is 1.17. The van der Waals surface area contributed by atoms with Crippen molar-refractivity contribution < 1.29 is 9.53 Å². The van der Waals surface area contributed by atoms with Gasteiger partial charge < -0.3 is 4.74 Å². The molecule has 1 N–H and O–H groups in total. The van der Waals surface area contributed by atoms with Crippen LogP contribution in [-0.4, -0.2) is 37.2 Å². The second-order valence-corrected chi connectivity index (χ2v) is 5.00. The Morgan fingerprint density at radius 2 is 2.43 bits per heavy atom. The van der Waals surface area contributed by atoms with Gasteiger partial charge in [0.15, 0.2) is 0 Å². The molecule has 0 spiro atoms. The van der Waals surface area contributed by atoms with Crippen LogP contribution in [0.3, 0.4) is 0 Å². The van der Waals surface area contributed by atoms with Gasteiger partial charge in [-0.05, 0) is 19.8 Å². The fourth-order valence-electron chi connectivity index (χ4n) is 2.58. The highest BCUT2D eigenvalue weighted by Crippen LogP contribution is 2.29. The molecule has 8 nitrogen and oxygen atoms in total. The molecule has 1 aliphatic heterocycles. The summed E-state index contributed by atoms with van der Waals surface area (Å²) in [6.07, 6.45) is 6.19. The zero-order chi connectivity index (χ0) is 14.8. The molecule has 1 atom stereocenters. The topological polar surface area (TPSA) is 86.9 Å². The highest BCUT2D eigenvalue weighted by molar-refractivity contribution is 5.82. The van der Waals surface area contributed by atoms with Crippen LogP contribution in [0.15, 0.2) is 12.4 Å². The number of fused-ring (bicyclic) bond motifs is 1. The Morgan fingerprint density at radius 3 is 3.14 bits per heavy atom. The minimum atomic E-state index is -0.529. The van der Waals surface area contributed by atoms with Crippen molar-refractivity contribution >= 4 is 12.0 Å². The molecule has 3 rings (SSSR count). The molecule has 0 radical (unpaired) electrons. The van der Waals surface area contributed by atoms with Crippen molar-refractivity contribution in [1.82, 2.24) is 24.5 Å². The van der Waals surface area contributed by atoms with Gasteiger partial charge in [0.1, 0.15) is 5.82 Å². The molecule has 1 unspecified atom stereocenters. The maximum absolute atomic E-state index is 11.4. The summed E-state index contributed by atoms with van der Waals surface area (Å²) in [5.41, 5.74) is 1.10. The quantitative estimate of drug-likeness (QED) is 0.925. The minimum Gasteiger partial charge on any atom is -0.450 e. The monoisotopic (exact) mass is 290 g/mol. The highest BCUT2D eigenvalue weighted by Gasteiger charge is 2.26. The predicted molar refractivity (Wildman–Crippen MR) is 75.0 cm³/mol. The van der Waals surface area contributed by atoms with Crippen molar-refractivity contribution in [2.75, 3.05) is 11.9 Å². The molecule has 3 heterocycles. The molecular weight excluding hydrogens is 272 g/mol. The number of nitrogens with zero attached hydrogens (tertiary/aromatic N) is 5. The van der Waals surface area contributed by atoms with Crippen LogP contribution in [-0.2, 0) is 18.2 Å². The van der Waals surface area contributed by atoms with Gasteiger partial charge in [0.25, 0.3) is 5.95 Å². The molecule has 1 aliphatic rings. The Morgan fingerprint density at radius 1 is 1.57 bits per heavy atom. The number of carbonyl (C=O) groups excluding carboxylic acids is 1. The average Bonchev–Trinajstić information content (AvgIpc) is 3.04. The molecule has 2 aromatic rings. The van der Waals surface area contributed by atoms with Gasteiger partial charge in [0, 0.05) is 25.2 Å². The third kappa shape index (κ3) is 2.74. The van der Waals surface area contributed by atoms with Crippen LogP contribution in [0, 0.1) is 0 Å². The summed E-state index contributed by atoms with van der Waals surface area (Å²) in [6.45, 7) is 2.07. The summed E-state index contributed by atoms with van der Waals surface area (Å²) < 4.78 is 8.49. The molecule has 0 aromatic carbocycles. The van der Waals surface area contributed by atoms with E-state index < -0.39 is 6.09 Å². The van der Waals surface area contributed by atoms with Gasteiger partial charge in [-0.3, -0.25) is 10.00 Å². The van der Waals surface area contributed by atoms with Crippen molar-refractivity contribution in [3.8, 4) is 0 Å². The third-order valence-electron chi connectivity index (χ3n) is 3.47. The first-order chi connectivity index (χ1) is 10.2. The van der Waals surface area contributed by atoms with Crippen LogP contribution in [0.25, 0.3) is 0 Å². The molecular formula is C13H18N6O2. The Balaban J connectivity index is 1.84. The molecule has 112 valence electrons. The maximum atomic E-state index is 11.4. The number of ether oxygens (including phenoxy) is 1. The van der Waals surface area contributed by atoms with E-state index in [1.54, 1.807) is 11.6 Å². The third-order valence-corrected chi connectivity index (χ3v) is 3.47. The smallest absolute Gasteiger partial charge is 0.414 e. The lowest BCUT2D eigenvalue weighted by Crippen LogP contribution is -2.20. The molecule has 0 bridgehead atoms. The lowest BCUT2D eigenvalue weighted by Gasteiger charge is -2.22. The number of aryl methyl sites for hydroxylation is 2. The predicted octanol–water partition coefficient (Wildman–Crippen LogP) is 1.51. The normalized spacial score (nSPS) is 17.3. The molecule has 0 saturated heterocycles. The Bertz CT molecular complexity index is 647. The van der Waals surface area contributed by atoms with Crippen LogP contribution in [0.2, 0.25) is 0 Å². The van der Waals surface area contributed by atoms with Crippen LogP contribution >= 0.6 is 0 Å². The molecule has 2 aromatic heterocycles. The number of nitrogens with one attached hydrogen (secondary N) is 1. The van der Waals surface area contributed by atoms with Gasteiger partial charge in [-0.2, -0.15) is 10.1 Å². The van der Waals surface area contributed by atoms with E-state index in [2.05, 4.69) is 20.5 Å². The minimum absolute atomic E-state index is 0.118. The molecule has 8 heteroatoms. The number of hydrogen-bond acceptors (Lipinski definition) is 5. The van der Waals surface area contributed by atoms with Crippen LogP contribution in [0.5, 0.6) is 0 Å². The van der Waals surface area contributed by atoms with E-state index >= 15 is 0 Å². The number of carbonyl (C=O) groups is 1. The fourth-order valence-corrected chi connectivity index (χ4v) is 2.58. The Labute approximate surface area is 122 Å². The lowest BCUT2D eigenvalue weighted by atomic mass is 10.0. The zero-order valence-corrected chi connectivity index (χ0v) is 12.1. The van der Waals surface area contributed by atoms with Gasteiger partial charge in [0.2, 0.25) is 0 Å². The van der Waals surface area contributed by atoms with Crippen molar-refractivity contribution in [3.05, 3.63) is 23.8 Å². The Kier molecular flexibility index (Phi) is 3.59. The van der Waals surface area contributed by atoms with Gasteiger partial charge in [-0.1, -0.05) is 0 Å². The summed E-state index contributed by atoms with van der Waals surface area (Å²) in [7, 11) is 1.89. The molecule has 21 heavy (non-hydrogen) atoms.